The van der Waals surface area contributed by atoms with E-state index in [1.54, 1.807) is 23.2 Å². The lowest BCUT2D eigenvalue weighted by Crippen LogP contribution is -2.35. The Morgan fingerprint density at radius 3 is 2.53 bits per heavy atom. The fourth-order valence-electron chi connectivity index (χ4n) is 3.40. The maximum Gasteiger partial charge on any atom is 0.251 e. The van der Waals surface area contributed by atoms with Gasteiger partial charge in [0.05, 0.1) is 24.1 Å². The molecular formula is C25H25N3O3S. The molecule has 0 bridgehead atoms. The Morgan fingerprint density at radius 1 is 1.09 bits per heavy atom. The summed E-state index contributed by atoms with van der Waals surface area (Å²) in [6.07, 6.45) is 1.86. The first kappa shape index (κ1) is 21.9. The molecule has 0 unspecified atom stereocenters. The molecule has 0 fully saturated rings. The number of rotatable bonds is 7. The molecule has 1 aromatic heterocycles. The summed E-state index contributed by atoms with van der Waals surface area (Å²) >= 11 is 1.46. The van der Waals surface area contributed by atoms with Crippen LogP contribution in [0.4, 0.5) is 5.69 Å². The molecule has 3 aromatic rings. The highest BCUT2D eigenvalue weighted by atomic mass is 32.2. The average Bonchev–Trinajstić information content (AvgIpc) is 2.80. The summed E-state index contributed by atoms with van der Waals surface area (Å²) in [5.41, 5.74) is 3.37. The van der Waals surface area contributed by atoms with Crippen LogP contribution >= 0.6 is 11.8 Å². The number of benzene rings is 2. The Balaban J connectivity index is 1.35. The minimum Gasteiger partial charge on any atom is -0.491 e. The number of aromatic nitrogens is 1. The molecule has 0 saturated heterocycles. The molecule has 4 rings (SSSR count). The van der Waals surface area contributed by atoms with Crippen LogP contribution in [0.25, 0.3) is 0 Å². The second kappa shape index (κ2) is 9.87. The van der Waals surface area contributed by atoms with Crippen molar-refractivity contribution in [2.45, 2.75) is 38.1 Å². The van der Waals surface area contributed by atoms with Gasteiger partial charge in [-0.1, -0.05) is 36.0 Å². The Labute approximate surface area is 192 Å². The molecular weight excluding hydrogens is 422 g/mol. The maximum atomic E-state index is 12.5. The highest BCUT2D eigenvalue weighted by Gasteiger charge is 2.25. The van der Waals surface area contributed by atoms with E-state index in [-0.39, 0.29) is 17.9 Å². The number of carbonyl (C=O) groups excluding carboxylic acids is 2. The predicted octanol–water partition coefficient (Wildman–Crippen LogP) is 4.44. The van der Waals surface area contributed by atoms with Crippen molar-refractivity contribution >= 4 is 29.3 Å². The number of carbonyl (C=O) groups is 2. The average molecular weight is 448 g/mol. The van der Waals surface area contributed by atoms with E-state index in [2.05, 4.69) is 10.3 Å². The second-order valence-corrected chi connectivity index (χ2v) is 8.75. The van der Waals surface area contributed by atoms with Gasteiger partial charge in [-0.05, 0) is 61.4 Å². The monoisotopic (exact) mass is 447 g/mol. The molecule has 1 aliphatic rings. The number of ether oxygens (including phenoxy) is 1. The van der Waals surface area contributed by atoms with E-state index in [4.69, 9.17) is 4.74 Å². The number of amides is 2. The third-order valence-electron chi connectivity index (χ3n) is 4.98. The van der Waals surface area contributed by atoms with E-state index in [0.29, 0.717) is 24.4 Å². The number of nitrogens with one attached hydrogen (secondary N) is 1. The van der Waals surface area contributed by atoms with Crippen molar-refractivity contribution in [3.8, 4) is 5.75 Å². The standard InChI is InChI=1S/C25H25N3O3S/c1-17(2)31-21-11-7-18(8-12-21)14-27-24(30)20-9-5-19(6-10-20)15-28-22-4-3-13-26-25(22)32-16-23(28)29/h3-13,17H,14-16H2,1-2H3,(H,27,30). The quantitative estimate of drug-likeness (QED) is 0.580. The van der Waals surface area contributed by atoms with Gasteiger partial charge >= 0.3 is 0 Å². The minimum atomic E-state index is -0.140. The van der Waals surface area contributed by atoms with Gasteiger partial charge in [-0.25, -0.2) is 4.98 Å². The van der Waals surface area contributed by atoms with Gasteiger partial charge in [0.1, 0.15) is 10.8 Å². The molecule has 0 saturated carbocycles. The van der Waals surface area contributed by atoms with E-state index < -0.39 is 0 Å². The summed E-state index contributed by atoms with van der Waals surface area (Å²) in [5.74, 6) is 1.12. The van der Waals surface area contributed by atoms with E-state index in [1.165, 1.54) is 11.8 Å². The van der Waals surface area contributed by atoms with Crippen molar-refractivity contribution in [3.05, 3.63) is 83.6 Å². The van der Waals surface area contributed by atoms with E-state index in [1.807, 2.05) is 62.4 Å². The summed E-state index contributed by atoms with van der Waals surface area (Å²) in [6, 6.07) is 18.8. The third kappa shape index (κ3) is 5.29. The van der Waals surface area contributed by atoms with Crippen LogP contribution in [0.2, 0.25) is 0 Å². The SMILES string of the molecule is CC(C)Oc1ccc(CNC(=O)c2ccc(CN3C(=O)CSc4ncccc43)cc2)cc1. The summed E-state index contributed by atoms with van der Waals surface area (Å²) in [7, 11) is 0. The van der Waals surface area contributed by atoms with Crippen molar-refractivity contribution in [2.24, 2.45) is 0 Å². The van der Waals surface area contributed by atoms with E-state index >= 15 is 0 Å². The smallest absolute Gasteiger partial charge is 0.251 e. The normalized spacial score (nSPS) is 13.1. The molecule has 2 aromatic carbocycles. The Hall–Kier alpha value is -3.32. The Morgan fingerprint density at radius 2 is 1.81 bits per heavy atom. The number of fused-ring (bicyclic) bond motifs is 1. The topological polar surface area (TPSA) is 71.5 Å². The first-order valence-electron chi connectivity index (χ1n) is 10.5. The van der Waals surface area contributed by atoms with Crippen LogP contribution in [0.1, 0.15) is 35.3 Å². The predicted molar refractivity (Wildman–Crippen MR) is 126 cm³/mol. The lowest BCUT2D eigenvalue weighted by molar-refractivity contribution is -0.116. The van der Waals surface area contributed by atoms with Crippen LogP contribution in [-0.4, -0.2) is 28.7 Å². The van der Waals surface area contributed by atoms with Gasteiger partial charge < -0.3 is 15.0 Å². The van der Waals surface area contributed by atoms with Gasteiger partial charge in [0.2, 0.25) is 5.91 Å². The van der Waals surface area contributed by atoms with Crippen LogP contribution in [0, 0.1) is 0 Å². The van der Waals surface area contributed by atoms with Crippen molar-refractivity contribution in [2.75, 3.05) is 10.7 Å². The Bertz CT molecular complexity index is 1100. The fourth-order valence-corrected chi connectivity index (χ4v) is 4.28. The summed E-state index contributed by atoms with van der Waals surface area (Å²) < 4.78 is 5.64. The van der Waals surface area contributed by atoms with Crippen molar-refractivity contribution < 1.29 is 14.3 Å². The second-order valence-electron chi connectivity index (χ2n) is 7.79. The molecule has 0 spiro atoms. The summed E-state index contributed by atoms with van der Waals surface area (Å²) in [5, 5.41) is 3.81. The van der Waals surface area contributed by atoms with Gasteiger partial charge in [0.25, 0.3) is 5.91 Å². The largest absolute Gasteiger partial charge is 0.491 e. The lowest BCUT2D eigenvalue weighted by Gasteiger charge is -2.28. The zero-order chi connectivity index (χ0) is 22.5. The molecule has 1 N–H and O–H groups in total. The zero-order valence-corrected chi connectivity index (χ0v) is 18.9. The Kier molecular flexibility index (Phi) is 6.75. The number of hydrogen-bond acceptors (Lipinski definition) is 5. The van der Waals surface area contributed by atoms with Crippen LogP contribution in [0.15, 0.2) is 71.9 Å². The van der Waals surface area contributed by atoms with E-state index in [9.17, 15) is 9.59 Å². The number of thioether (sulfide) groups is 1. The van der Waals surface area contributed by atoms with Gasteiger partial charge in [0.15, 0.2) is 0 Å². The molecule has 0 radical (unpaired) electrons. The molecule has 2 amide bonds. The van der Waals surface area contributed by atoms with Gasteiger partial charge in [-0.15, -0.1) is 0 Å². The summed E-state index contributed by atoms with van der Waals surface area (Å²) in [4.78, 5) is 31.1. The molecule has 1 aliphatic heterocycles. The van der Waals surface area contributed by atoms with E-state index in [0.717, 1.165) is 27.6 Å². The van der Waals surface area contributed by atoms with Crippen LogP contribution in [0.3, 0.4) is 0 Å². The summed E-state index contributed by atoms with van der Waals surface area (Å²) in [6.45, 7) is 4.86. The molecule has 32 heavy (non-hydrogen) atoms. The molecule has 2 heterocycles. The highest BCUT2D eigenvalue weighted by molar-refractivity contribution is 8.00. The van der Waals surface area contributed by atoms with Crippen molar-refractivity contribution in [1.82, 2.24) is 10.3 Å². The molecule has 164 valence electrons. The first-order valence-corrected chi connectivity index (χ1v) is 11.5. The van der Waals surface area contributed by atoms with Crippen molar-refractivity contribution in [1.29, 1.82) is 0 Å². The van der Waals surface area contributed by atoms with Gasteiger partial charge in [-0.2, -0.15) is 0 Å². The molecule has 7 heteroatoms. The minimum absolute atomic E-state index is 0.0575. The molecule has 0 aliphatic carbocycles. The highest BCUT2D eigenvalue weighted by Crippen LogP contribution is 2.34. The number of hydrogen-bond donors (Lipinski definition) is 1. The number of nitrogens with zero attached hydrogens (tertiary/aromatic N) is 2. The third-order valence-corrected chi connectivity index (χ3v) is 5.96. The van der Waals surface area contributed by atoms with Crippen LogP contribution < -0.4 is 15.0 Å². The first-order chi connectivity index (χ1) is 15.5. The van der Waals surface area contributed by atoms with Crippen molar-refractivity contribution in [3.63, 3.8) is 0 Å². The number of pyridine rings is 1. The molecule has 6 nitrogen and oxygen atoms in total. The van der Waals surface area contributed by atoms with Gasteiger partial charge in [0, 0.05) is 18.3 Å². The molecule has 0 atom stereocenters. The van der Waals surface area contributed by atoms with Crippen LogP contribution in [-0.2, 0) is 17.9 Å². The number of anilines is 1. The van der Waals surface area contributed by atoms with Crippen LogP contribution in [0.5, 0.6) is 5.75 Å². The lowest BCUT2D eigenvalue weighted by atomic mass is 10.1. The zero-order valence-electron chi connectivity index (χ0n) is 18.1. The van der Waals surface area contributed by atoms with Gasteiger partial charge in [-0.3, -0.25) is 9.59 Å². The maximum absolute atomic E-state index is 12.5. The fraction of sp³-hybridized carbons (Fsp3) is 0.240.